The molecule has 6 heteroatoms. The van der Waals surface area contributed by atoms with E-state index in [9.17, 15) is 9.18 Å². The molecule has 1 heterocycles. The van der Waals surface area contributed by atoms with Crippen molar-refractivity contribution in [3.63, 3.8) is 0 Å². The van der Waals surface area contributed by atoms with Gasteiger partial charge in [-0.15, -0.1) is 11.8 Å². The standard InChI is InChI=1S/C19H21FN2O2S/c1-19(2,3)24-18(23)22-15-10-12(8-9-14(15)20)21-16-11-25-17-7-5-4-6-13(16)17/h4-10,16,21H,11H2,1-3H3,(H,22,23). The maximum absolute atomic E-state index is 14.0. The van der Waals surface area contributed by atoms with E-state index in [0.29, 0.717) is 0 Å². The molecule has 0 bridgehead atoms. The highest BCUT2D eigenvalue weighted by Crippen LogP contribution is 2.39. The van der Waals surface area contributed by atoms with Crippen LogP contribution in [0.2, 0.25) is 0 Å². The van der Waals surface area contributed by atoms with Crippen molar-refractivity contribution in [2.24, 2.45) is 0 Å². The topological polar surface area (TPSA) is 50.4 Å². The van der Waals surface area contributed by atoms with Crippen LogP contribution in [0.5, 0.6) is 0 Å². The van der Waals surface area contributed by atoms with E-state index in [1.54, 1.807) is 44.7 Å². The number of carbonyl (C=O) groups is 1. The Morgan fingerprint density at radius 1 is 1.24 bits per heavy atom. The Bertz CT molecular complexity index is 789. The molecule has 0 saturated carbocycles. The van der Waals surface area contributed by atoms with Crippen molar-refractivity contribution in [1.29, 1.82) is 0 Å². The molecule has 0 aliphatic carbocycles. The normalized spacial score (nSPS) is 16.2. The van der Waals surface area contributed by atoms with Crippen molar-refractivity contribution in [3.05, 3.63) is 53.8 Å². The van der Waals surface area contributed by atoms with E-state index in [0.717, 1.165) is 11.4 Å². The van der Waals surface area contributed by atoms with Crippen LogP contribution in [0.3, 0.4) is 0 Å². The minimum Gasteiger partial charge on any atom is -0.444 e. The summed E-state index contributed by atoms with van der Waals surface area (Å²) >= 11 is 1.79. The van der Waals surface area contributed by atoms with Crippen molar-refractivity contribution in [2.45, 2.75) is 37.3 Å². The van der Waals surface area contributed by atoms with Crippen molar-refractivity contribution in [1.82, 2.24) is 0 Å². The zero-order valence-electron chi connectivity index (χ0n) is 14.4. The Morgan fingerprint density at radius 2 is 2.00 bits per heavy atom. The first-order valence-corrected chi connectivity index (χ1v) is 9.08. The van der Waals surface area contributed by atoms with Crippen LogP contribution >= 0.6 is 11.8 Å². The van der Waals surface area contributed by atoms with E-state index in [1.165, 1.54) is 16.5 Å². The van der Waals surface area contributed by atoms with Crippen LogP contribution in [-0.4, -0.2) is 17.4 Å². The molecule has 0 fully saturated rings. The molecular formula is C19H21FN2O2S. The van der Waals surface area contributed by atoms with Gasteiger partial charge in [0.25, 0.3) is 0 Å². The number of carbonyl (C=O) groups excluding carboxylic acids is 1. The molecule has 3 rings (SSSR count). The molecule has 2 aromatic carbocycles. The van der Waals surface area contributed by atoms with E-state index in [4.69, 9.17) is 4.74 Å². The Balaban J connectivity index is 1.73. The van der Waals surface area contributed by atoms with Crippen LogP contribution in [0.4, 0.5) is 20.6 Å². The number of anilines is 2. The van der Waals surface area contributed by atoms with Gasteiger partial charge in [-0.1, -0.05) is 18.2 Å². The summed E-state index contributed by atoms with van der Waals surface area (Å²) in [7, 11) is 0. The summed E-state index contributed by atoms with van der Waals surface area (Å²) in [6.07, 6.45) is -0.676. The molecule has 2 aromatic rings. The second kappa shape index (κ2) is 6.96. The van der Waals surface area contributed by atoms with Gasteiger partial charge in [-0.25, -0.2) is 9.18 Å². The third-order valence-corrected chi connectivity index (χ3v) is 4.83. The molecule has 2 N–H and O–H groups in total. The molecular weight excluding hydrogens is 339 g/mol. The summed E-state index contributed by atoms with van der Waals surface area (Å²) in [4.78, 5) is 13.1. The molecule has 1 atom stereocenters. The fraction of sp³-hybridized carbons (Fsp3) is 0.316. The fourth-order valence-corrected chi connectivity index (χ4v) is 3.77. The molecule has 1 unspecified atom stereocenters. The first-order chi connectivity index (χ1) is 11.8. The Labute approximate surface area is 151 Å². The van der Waals surface area contributed by atoms with Gasteiger partial charge in [0, 0.05) is 16.3 Å². The number of benzene rings is 2. The lowest BCUT2D eigenvalue weighted by Gasteiger charge is -2.20. The number of ether oxygens (including phenoxy) is 1. The van der Waals surface area contributed by atoms with Gasteiger partial charge in [-0.05, 0) is 50.6 Å². The predicted molar refractivity (Wildman–Crippen MR) is 99.8 cm³/mol. The lowest BCUT2D eigenvalue weighted by molar-refractivity contribution is 0.0635. The van der Waals surface area contributed by atoms with Gasteiger partial charge in [-0.3, -0.25) is 5.32 Å². The second-order valence-electron chi connectivity index (χ2n) is 6.87. The van der Waals surface area contributed by atoms with Gasteiger partial charge in [0.2, 0.25) is 0 Å². The number of hydrogen-bond donors (Lipinski definition) is 2. The Morgan fingerprint density at radius 3 is 2.76 bits per heavy atom. The molecule has 25 heavy (non-hydrogen) atoms. The highest BCUT2D eigenvalue weighted by Gasteiger charge is 2.23. The molecule has 4 nitrogen and oxygen atoms in total. The van der Waals surface area contributed by atoms with Gasteiger partial charge in [0.15, 0.2) is 0 Å². The van der Waals surface area contributed by atoms with E-state index in [2.05, 4.69) is 22.8 Å². The van der Waals surface area contributed by atoms with Gasteiger partial charge in [-0.2, -0.15) is 0 Å². The molecule has 1 aliphatic rings. The van der Waals surface area contributed by atoms with Crippen molar-refractivity contribution in [3.8, 4) is 0 Å². The van der Waals surface area contributed by atoms with Crippen LogP contribution in [0.25, 0.3) is 0 Å². The number of amides is 1. The quantitative estimate of drug-likeness (QED) is 0.766. The van der Waals surface area contributed by atoms with Crippen molar-refractivity contribution >= 4 is 29.2 Å². The van der Waals surface area contributed by atoms with Crippen molar-refractivity contribution < 1.29 is 13.9 Å². The summed E-state index contributed by atoms with van der Waals surface area (Å²) < 4.78 is 19.2. The Kier molecular flexibility index (Phi) is 4.90. The number of rotatable bonds is 3. The maximum Gasteiger partial charge on any atom is 0.412 e. The largest absolute Gasteiger partial charge is 0.444 e. The summed E-state index contributed by atoms with van der Waals surface area (Å²) in [6.45, 7) is 5.28. The number of nitrogens with one attached hydrogen (secondary N) is 2. The van der Waals surface area contributed by atoms with Crippen LogP contribution in [0.15, 0.2) is 47.4 Å². The molecule has 0 spiro atoms. The summed E-state index contributed by atoms with van der Waals surface area (Å²) in [5.74, 6) is 0.406. The minimum atomic E-state index is -0.676. The van der Waals surface area contributed by atoms with Crippen LogP contribution in [0.1, 0.15) is 32.4 Å². The van der Waals surface area contributed by atoms with Gasteiger partial charge < -0.3 is 10.1 Å². The van der Waals surface area contributed by atoms with Crippen LogP contribution in [-0.2, 0) is 4.74 Å². The molecule has 1 aliphatic heterocycles. The number of fused-ring (bicyclic) bond motifs is 1. The summed E-state index contributed by atoms with van der Waals surface area (Å²) in [6, 6.07) is 13.0. The third kappa shape index (κ3) is 4.45. The smallest absolute Gasteiger partial charge is 0.412 e. The van der Waals surface area contributed by atoms with E-state index in [1.807, 2.05) is 12.1 Å². The zero-order valence-corrected chi connectivity index (χ0v) is 15.2. The highest BCUT2D eigenvalue weighted by molar-refractivity contribution is 7.99. The number of thioether (sulfide) groups is 1. The first kappa shape index (κ1) is 17.6. The molecule has 0 saturated heterocycles. The first-order valence-electron chi connectivity index (χ1n) is 8.10. The van der Waals surface area contributed by atoms with E-state index >= 15 is 0 Å². The average Bonchev–Trinajstić information content (AvgIpc) is 2.92. The molecule has 0 aromatic heterocycles. The fourth-order valence-electron chi connectivity index (χ4n) is 2.61. The Hall–Kier alpha value is -2.21. The van der Waals surface area contributed by atoms with E-state index in [-0.39, 0.29) is 11.7 Å². The SMILES string of the molecule is CC(C)(C)OC(=O)Nc1cc(NC2CSc3ccccc32)ccc1F. The zero-order chi connectivity index (χ0) is 18.0. The van der Waals surface area contributed by atoms with E-state index < -0.39 is 17.5 Å². The van der Waals surface area contributed by atoms with Crippen LogP contribution in [0, 0.1) is 5.82 Å². The molecule has 0 radical (unpaired) electrons. The third-order valence-electron chi connectivity index (χ3n) is 3.64. The van der Waals surface area contributed by atoms with Gasteiger partial charge in [0.1, 0.15) is 11.4 Å². The van der Waals surface area contributed by atoms with Crippen molar-refractivity contribution in [2.75, 3.05) is 16.4 Å². The number of halogens is 1. The highest BCUT2D eigenvalue weighted by atomic mass is 32.2. The predicted octanol–water partition coefficient (Wildman–Crippen LogP) is 5.43. The maximum atomic E-state index is 14.0. The summed E-state index contributed by atoms with van der Waals surface area (Å²) in [5.41, 5.74) is 1.44. The lowest BCUT2D eigenvalue weighted by atomic mass is 10.1. The second-order valence-corrected chi connectivity index (χ2v) is 7.93. The number of hydrogen-bond acceptors (Lipinski definition) is 4. The monoisotopic (exact) mass is 360 g/mol. The molecule has 1 amide bonds. The average molecular weight is 360 g/mol. The minimum absolute atomic E-state index is 0.0955. The van der Waals surface area contributed by atoms with Crippen LogP contribution < -0.4 is 10.6 Å². The van der Waals surface area contributed by atoms with Gasteiger partial charge in [0.05, 0.1) is 11.7 Å². The lowest BCUT2D eigenvalue weighted by Crippen LogP contribution is -2.27. The summed E-state index contributed by atoms with van der Waals surface area (Å²) in [5, 5.41) is 5.88. The molecule has 132 valence electrons. The van der Waals surface area contributed by atoms with Gasteiger partial charge >= 0.3 is 6.09 Å².